The van der Waals surface area contributed by atoms with E-state index in [1.165, 1.54) is 11.0 Å². The molecule has 9 nitrogen and oxygen atoms in total. The molecule has 186 valence electrons. The van der Waals surface area contributed by atoms with Gasteiger partial charge in [0.15, 0.2) is 0 Å². The van der Waals surface area contributed by atoms with Gasteiger partial charge in [-0.05, 0) is 63.8 Å². The molecule has 0 aliphatic heterocycles. The largest absolute Gasteiger partial charge is 0.508 e. The van der Waals surface area contributed by atoms with Crippen LogP contribution < -0.4 is 10.6 Å². The van der Waals surface area contributed by atoms with Gasteiger partial charge in [0, 0.05) is 13.1 Å². The Hall–Kier alpha value is -2.81. The number of aryl methyl sites for hydroxylation is 1. The fourth-order valence-corrected chi connectivity index (χ4v) is 3.25. The van der Waals surface area contributed by atoms with Crippen LogP contribution in [0.4, 0.5) is 4.79 Å². The smallest absolute Gasteiger partial charge is 0.408 e. The zero-order valence-electron chi connectivity index (χ0n) is 20.6. The number of nitrogens with one attached hydrogen (secondary N) is 2. The first kappa shape index (κ1) is 28.2. The summed E-state index contributed by atoms with van der Waals surface area (Å²) < 4.78 is 5.21. The lowest BCUT2D eigenvalue weighted by Gasteiger charge is -2.34. The van der Waals surface area contributed by atoms with Gasteiger partial charge in [0.25, 0.3) is 0 Å². The lowest BCUT2D eigenvalue weighted by molar-refractivity contribution is -0.143. The number of unbranched alkanes of at least 4 members (excludes halogenated alkanes) is 1. The van der Waals surface area contributed by atoms with E-state index >= 15 is 0 Å². The zero-order chi connectivity index (χ0) is 25.2. The maximum Gasteiger partial charge on any atom is 0.408 e. The van der Waals surface area contributed by atoms with E-state index in [-0.39, 0.29) is 18.2 Å². The number of carbonyl (C=O) groups excluding carboxylic acids is 3. The molecule has 1 aromatic rings. The molecule has 0 saturated carbocycles. The van der Waals surface area contributed by atoms with Crippen molar-refractivity contribution in [3.05, 3.63) is 29.3 Å². The predicted molar refractivity (Wildman–Crippen MR) is 126 cm³/mol. The Kier molecular flexibility index (Phi) is 11.1. The number of phenolic OH excluding ortho intramolecular Hbond substituents is 1. The molecule has 2 unspecified atom stereocenters. The van der Waals surface area contributed by atoms with Gasteiger partial charge in [-0.2, -0.15) is 0 Å². The van der Waals surface area contributed by atoms with E-state index in [4.69, 9.17) is 4.74 Å². The van der Waals surface area contributed by atoms with Gasteiger partial charge in [-0.25, -0.2) is 4.79 Å². The van der Waals surface area contributed by atoms with Crippen LogP contribution in [0.15, 0.2) is 18.2 Å². The third-order valence-corrected chi connectivity index (χ3v) is 4.85. The van der Waals surface area contributed by atoms with Crippen molar-refractivity contribution in [2.24, 2.45) is 0 Å². The summed E-state index contributed by atoms with van der Waals surface area (Å²) in [7, 11) is 0. The number of benzene rings is 1. The summed E-state index contributed by atoms with van der Waals surface area (Å²) in [6.07, 6.45) is 1.39. The van der Waals surface area contributed by atoms with E-state index in [2.05, 4.69) is 10.6 Å². The standard InChI is InChI=1S/C24H39N3O6/c1-7-9-12-25-21(30)20(17-10-11-19(29)16(3)14-17)27(13-8-2)22(31)18(15-28)26-23(32)33-24(4,5)6/h10-11,14,18,20,28-29H,7-9,12-13,15H2,1-6H3,(H,25,30)(H,26,32). The van der Waals surface area contributed by atoms with Crippen LogP contribution in [0.25, 0.3) is 0 Å². The second kappa shape index (κ2) is 13.0. The summed E-state index contributed by atoms with van der Waals surface area (Å²) in [6.45, 7) is 10.7. The van der Waals surface area contributed by atoms with E-state index in [1.54, 1.807) is 39.8 Å². The number of carbonyl (C=O) groups is 3. The number of phenols is 1. The number of aliphatic hydroxyl groups is 1. The number of rotatable bonds is 11. The molecule has 0 aliphatic carbocycles. The highest BCUT2D eigenvalue weighted by Crippen LogP contribution is 2.27. The first-order valence-electron chi connectivity index (χ1n) is 11.4. The van der Waals surface area contributed by atoms with Crippen molar-refractivity contribution in [1.82, 2.24) is 15.5 Å². The summed E-state index contributed by atoms with van der Waals surface area (Å²) in [5.41, 5.74) is 0.310. The third kappa shape index (κ3) is 8.92. The normalized spacial score (nSPS) is 13.1. The first-order chi connectivity index (χ1) is 15.4. The SMILES string of the molecule is CCCCNC(=O)C(c1ccc(O)c(C)c1)N(CCC)C(=O)C(CO)NC(=O)OC(C)(C)C. The highest BCUT2D eigenvalue weighted by atomic mass is 16.6. The molecule has 4 N–H and O–H groups in total. The van der Waals surface area contributed by atoms with Gasteiger partial charge < -0.3 is 30.5 Å². The zero-order valence-corrected chi connectivity index (χ0v) is 20.6. The average Bonchev–Trinajstić information content (AvgIpc) is 2.72. The molecule has 0 aliphatic rings. The number of alkyl carbamates (subject to hydrolysis) is 1. The number of ether oxygens (including phenoxy) is 1. The van der Waals surface area contributed by atoms with Gasteiger partial charge in [0.05, 0.1) is 6.61 Å². The van der Waals surface area contributed by atoms with E-state index in [1.807, 2.05) is 13.8 Å². The van der Waals surface area contributed by atoms with Crippen LogP contribution in [0.3, 0.4) is 0 Å². The third-order valence-electron chi connectivity index (χ3n) is 4.85. The van der Waals surface area contributed by atoms with Crippen LogP contribution in [0.5, 0.6) is 5.75 Å². The minimum Gasteiger partial charge on any atom is -0.508 e. The summed E-state index contributed by atoms with van der Waals surface area (Å²) in [5, 5.41) is 25.1. The molecule has 0 fully saturated rings. The molecule has 3 amide bonds. The minimum absolute atomic E-state index is 0.0806. The van der Waals surface area contributed by atoms with E-state index in [9.17, 15) is 24.6 Å². The summed E-state index contributed by atoms with van der Waals surface area (Å²) in [6, 6.07) is 2.45. The van der Waals surface area contributed by atoms with E-state index < -0.39 is 36.3 Å². The molecule has 0 radical (unpaired) electrons. The van der Waals surface area contributed by atoms with Gasteiger partial charge in [0.1, 0.15) is 23.4 Å². The number of amides is 3. The number of aliphatic hydroxyl groups excluding tert-OH is 1. The monoisotopic (exact) mass is 465 g/mol. The summed E-state index contributed by atoms with van der Waals surface area (Å²) in [5.74, 6) is -0.895. The lowest BCUT2D eigenvalue weighted by Crippen LogP contribution is -2.54. The van der Waals surface area contributed by atoms with Crippen LogP contribution >= 0.6 is 0 Å². The Balaban J connectivity index is 3.31. The maximum absolute atomic E-state index is 13.4. The molecule has 9 heteroatoms. The molecule has 1 aromatic carbocycles. The summed E-state index contributed by atoms with van der Waals surface area (Å²) in [4.78, 5) is 40.2. The second-order valence-corrected chi connectivity index (χ2v) is 9.01. The number of nitrogens with zero attached hydrogens (tertiary/aromatic N) is 1. The molecule has 33 heavy (non-hydrogen) atoms. The number of hydrogen-bond acceptors (Lipinski definition) is 6. The van der Waals surface area contributed by atoms with Crippen molar-refractivity contribution in [3.63, 3.8) is 0 Å². The van der Waals surface area contributed by atoms with Crippen LogP contribution in [0.1, 0.15) is 71.0 Å². The lowest BCUT2D eigenvalue weighted by atomic mass is 10.00. The molecule has 0 bridgehead atoms. The maximum atomic E-state index is 13.4. The topological polar surface area (TPSA) is 128 Å². The number of hydrogen-bond donors (Lipinski definition) is 4. The van der Waals surface area contributed by atoms with Gasteiger partial charge in [-0.3, -0.25) is 9.59 Å². The van der Waals surface area contributed by atoms with Crippen LogP contribution in [0, 0.1) is 6.92 Å². The van der Waals surface area contributed by atoms with Crippen molar-refractivity contribution >= 4 is 17.9 Å². The van der Waals surface area contributed by atoms with Crippen molar-refractivity contribution < 1.29 is 29.3 Å². The molecule has 0 heterocycles. The van der Waals surface area contributed by atoms with E-state index in [0.29, 0.717) is 24.1 Å². The van der Waals surface area contributed by atoms with Gasteiger partial charge in [-0.1, -0.05) is 26.3 Å². The highest BCUT2D eigenvalue weighted by Gasteiger charge is 2.35. The van der Waals surface area contributed by atoms with Crippen molar-refractivity contribution in [1.29, 1.82) is 0 Å². The summed E-state index contributed by atoms with van der Waals surface area (Å²) >= 11 is 0. The van der Waals surface area contributed by atoms with Crippen LogP contribution in [-0.4, -0.2) is 64.4 Å². The van der Waals surface area contributed by atoms with E-state index in [0.717, 1.165) is 12.8 Å². The first-order valence-corrected chi connectivity index (χ1v) is 11.4. The quantitative estimate of drug-likeness (QED) is 0.372. The Morgan fingerprint density at radius 1 is 1.15 bits per heavy atom. The van der Waals surface area contributed by atoms with Gasteiger partial charge in [0.2, 0.25) is 11.8 Å². The second-order valence-electron chi connectivity index (χ2n) is 9.01. The van der Waals surface area contributed by atoms with Crippen molar-refractivity contribution in [2.75, 3.05) is 19.7 Å². The molecule has 0 aromatic heterocycles. The number of aromatic hydroxyl groups is 1. The molecule has 0 spiro atoms. The van der Waals surface area contributed by atoms with Crippen molar-refractivity contribution in [3.8, 4) is 5.75 Å². The predicted octanol–water partition coefficient (Wildman–Crippen LogP) is 2.78. The fraction of sp³-hybridized carbons (Fsp3) is 0.625. The van der Waals surface area contributed by atoms with Crippen LogP contribution in [0.2, 0.25) is 0 Å². The Morgan fingerprint density at radius 2 is 1.82 bits per heavy atom. The Bertz CT molecular complexity index is 806. The molecular weight excluding hydrogens is 426 g/mol. The molecule has 1 rings (SSSR count). The Morgan fingerprint density at radius 3 is 2.33 bits per heavy atom. The molecular formula is C24H39N3O6. The fourth-order valence-electron chi connectivity index (χ4n) is 3.25. The van der Waals surface area contributed by atoms with Crippen molar-refractivity contribution in [2.45, 2.75) is 78.5 Å². The highest BCUT2D eigenvalue weighted by molar-refractivity contribution is 5.92. The minimum atomic E-state index is -1.28. The molecule has 2 atom stereocenters. The van der Waals surface area contributed by atoms with Gasteiger partial charge >= 0.3 is 6.09 Å². The molecule has 0 saturated heterocycles. The average molecular weight is 466 g/mol. The van der Waals surface area contributed by atoms with Gasteiger partial charge in [-0.15, -0.1) is 0 Å². The van der Waals surface area contributed by atoms with Crippen LogP contribution in [-0.2, 0) is 14.3 Å². The Labute approximate surface area is 196 Å².